The molecule has 0 bridgehead atoms. The molecule has 3 N–H and O–H groups in total. The second kappa shape index (κ2) is 6.37. The first-order chi connectivity index (χ1) is 11.7. The highest BCUT2D eigenvalue weighted by atomic mass is 16.3. The Morgan fingerprint density at radius 1 is 1.25 bits per heavy atom. The average Bonchev–Trinajstić information content (AvgIpc) is 3.33. The van der Waals surface area contributed by atoms with Crippen molar-refractivity contribution in [1.29, 1.82) is 0 Å². The quantitative estimate of drug-likeness (QED) is 0.831. The molecule has 2 aromatic rings. The summed E-state index contributed by atoms with van der Waals surface area (Å²) in [6, 6.07) is 2.29. The number of nitrogens with two attached hydrogens (primary N) is 1. The molecule has 2 aromatic heterocycles. The number of aliphatic hydroxyl groups is 1. The molecule has 8 nitrogen and oxygen atoms in total. The number of imidazole rings is 1. The molecule has 0 aromatic carbocycles. The van der Waals surface area contributed by atoms with Crippen molar-refractivity contribution in [2.45, 2.75) is 31.5 Å². The molecule has 8 heteroatoms. The highest BCUT2D eigenvalue weighted by Crippen LogP contribution is 2.35. The first-order valence-corrected chi connectivity index (χ1v) is 8.43. The second-order valence-electron chi connectivity index (χ2n) is 6.64. The normalized spacial score (nSPS) is 22.5. The third-order valence-electron chi connectivity index (χ3n) is 4.61. The van der Waals surface area contributed by atoms with Crippen molar-refractivity contribution < 1.29 is 5.11 Å². The molecule has 1 saturated carbocycles. The van der Waals surface area contributed by atoms with Gasteiger partial charge in [0.15, 0.2) is 0 Å². The van der Waals surface area contributed by atoms with Gasteiger partial charge in [0, 0.05) is 51.2 Å². The van der Waals surface area contributed by atoms with Crippen LogP contribution in [0.5, 0.6) is 0 Å². The van der Waals surface area contributed by atoms with Crippen molar-refractivity contribution in [2.75, 3.05) is 36.8 Å². The van der Waals surface area contributed by atoms with Crippen LogP contribution < -0.4 is 10.6 Å². The van der Waals surface area contributed by atoms with Gasteiger partial charge in [-0.1, -0.05) is 0 Å². The summed E-state index contributed by atoms with van der Waals surface area (Å²) in [5, 5.41) is 10.4. The van der Waals surface area contributed by atoms with Crippen LogP contribution in [0.3, 0.4) is 0 Å². The van der Waals surface area contributed by atoms with E-state index in [4.69, 9.17) is 5.73 Å². The van der Waals surface area contributed by atoms with Gasteiger partial charge in [0.25, 0.3) is 0 Å². The Bertz CT molecular complexity index is 699. The molecule has 24 heavy (non-hydrogen) atoms. The molecule has 4 rings (SSSR count). The van der Waals surface area contributed by atoms with Gasteiger partial charge in [-0.15, -0.1) is 0 Å². The van der Waals surface area contributed by atoms with Crippen molar-refractivity contribution in [3.63, 3.8) is 0 Å². The van der Waals surface area contributed by atoms with Gasteiger partial charge in [-0.3, -0.25) is 4.90 Å². The number of nitrogens with zero attached hydrogens (tertiary/aromatic N) is 6. The van der Waals surface area contributed by atoms with Crippen molar-refractivity contribution in [3.8, 4) is 0 Å². The van der Waals surface area contributed by atoms with Crippen LogP contribution in [-0.4, -0.2) is 61.8 Å². The van der Waals surface area contributed by atoms with Gasteiger partial charge < -0.3 is 20.3 Å². The maximum atomic E-state index is 10.4. The molecule has 2 fully saturated rings. The number of hydrogen-bond acceptors (Lipinski definition) is 7. The lowest BCUT2D eigenvalue weighted by Crippen LogP contribution is -2.34. The summed E-state index contributed by atoms with van der Waals surface area (Å²) >= 11 is 0. The molecule has 128 valence electrons. The van der Waals surface area contributed by atoms with Crippen LogP contribution in [-0.2, 0) is 6.54 Å². The Balaban J connectivity index is 1.44. The predicted octanol–water partition coefficient (Wildman–Crippen LogP) is 0.273. The molecule has 1 aliphatic carbocycles. The maximum Gasteiger partial charge on any atom is 0.227 e. The van der Waals surface area contributed by atoms with Crippen molar-refractivity contribution in [1.82, 2.24) is 24.4 Å². The zero-order valence-electron chi connectivity index (χ0n) is 13.6. The van der Waals surface area contributed by atoms with Gasteiger partial charge in [-0.2, -0.15) is 4.98 Å². The van der Waals surface area contributed by atoms with Crippen LogP contribution in [0.4, 0.5) is 11.8 Å². The zero-order valence-corrected chi connectivity index (χ0v) is 13.6. The summed E-state index contributed by atoms with van der Waals surface area (Å²) in [4.78, 5) is 17.1. The monoisotopic (exact) mass is 329 g/mol. The smallest absolute Gasteiger partial charge is 0.227 e. The minimum Gasteiger partial charge on any atom is -0.390 e. The van der Waals surface area contributed by atoms with E-state index < -0.39 is 6.10 Å². The maximum absolute atomic E-state index is 10.4. The Hall–Kier alpha value is -2.19. The summed E-state index contributed by atoms with van der Waals surface area (Å²) in [5.41, 5.74) is 6.97. The van der Waals surface area contributed by atoms with Crippen molar-refractivity contribution in [3.05, 3.63) is 30.5 Å². The van der Waals surface area contributed by atoms with E-state index in [1.807, 2.05) is 17.4 Å². The topological polar surface area (TPSA) is 96.3 Å². The van der Waals surface area contributed by atoms with E-state index in [1.54, 1.807) is 12.3 Å². The lowest BCUT2D eigenvalue weighted by molar-refractivity contribution is 0.128. The SMILES string of the molecule is Nc1ccnc(N2CCN(Cc3cncn3C3CC3)CC(O)C2)n1. The third-order valence-corrected chi connectivity index (χ3v) is 4.61. The third kappa shape index (κ3) is 3.34. The number of aliphatic hydroxyl groups excluding tert-OH is 1. The van der Waals surface area contributed by atoms with Gasteiger partial charge in [-0.25, -0.2) is 9.97 Å². The van der Waals surface area contributed by atoms with Crippen LogP contribution in [0, 0.1) is 0 Å². The fourth-order valence-electron chi connectivity index (χ4n) is 3.26. The van der Waals surface area contributed by atoms with Gasteiger partial charge >= 0.3 is 0 Å². The highest BCUT2D eigenvalue weighted by molar-refractivity contribution is 5.38. The molecule has 1 aliphatic heterocycles. The minimum absolute atomic E-state index is 0.448. The van der Waals surface area contributed by atoms with Gasteiger partial charge in [0.05, 0.1) is 18.1 Å². The zero-order chi connectivity index (χ0) is 16.5. The number of nitrogen functional groups attached to an aromatic ring is 1. The fourth-order valence-corrected chi connectivity index (χ4v) is 3.26. The molecule has 1 saturated heterocycles. The van der Waals surface area contributed by atoms with Gasteiger partial charge in [0.2, 0.25) is 5.95 Å². The first-order valence-electron chi connectivity index (χ1n) is 8.43. The molecule has 0 radical (unpaired) electrons. The van der Waals surface area contributed by atoms with Crippen LogP contribution in [0.2, 0.25) is 0 Å². The summed E-state index contributed by atoms with van der Waals surface area (Å²) in [6.07, 6.45) is 7.55. The number of anilines is 2. The summed E-state index contributed by atoms with van der Waals surface area (Å²) < 4.78 is 2.27. The Morgan fingerprint density at radius 2 is 2.12 bits per heavy atom. The van der Waals surface area contributed by atoms with Crippen LogP contribution in [0.1, 0.15) is 24.6 Å². The summed E-state index contributed by atoms with van der Waals surface area (Å²) in [6.45, 7) is 3.55. The number of aromatic nitrogens is 4. The van der Waals surface area contributed by atoms with E-state index >= 15 is 0 Å². The van der Waals surface area contributed by atoms with Crippen LogP contribution in [0.25, 0.3) is 0 Å². The molecule has 0 amide bonds. The molecular formula is C16H23N7O. The number of β-amino-alcohol motifs (C(OH)–C–C–N with tert-alkyl or cyclic N) is 1. The van der Waals surface area contributed by atoms with E-state index in [0.717, 1.165) is 19.6 Å². The molecule has 3 heterocycles. The average molecular weight is 329 g/mol. The van der Waals surface area contributed by atoms with E-state index in [0.29, 0.717) is 30.9 Å². The fraction of sp³-hybridized carbons (Fsp3) is 0.562. The highest BCUT2D eigenvalue weighted by Gasteiger charge is 2.27. The van der Waals surface area contributed by atoms with E-state index in [9.17, 15) is 5.11 Å². The predicted molar refractivity (Wildman–Crippen MR) is 90.4 cm³/mol. The van der Waals surface area contributed by atoms with E-state index in [1.165, 1.54) is 18.5 Å². The number of rotatable bonds is 4. The van der Waals surface area contributed by atoms with E-state index in [-0.39, 0.29) is 0 Å². The standard InChI is InChI=1S/C16H23N7O/c17-15-3-4-19-16(20-15)22-6-5-21(9-14(24)10-22)8-13-7-18-11-23(13)12-1-2-12/h3-4,7,11-12,14,24H,1-2,5-6,8-10H2,(H2,17,19,20). The molecule has 0 spiro atoms. The first kappa shape index (κ1) is 15.3. The summed E-state index contributed by atoms with van der Waals surface area (Å²) in [7, 11) is 0. The molecule has 1 atom stereocenters. The lowest BCUT2D eigenvalue weighted by atomic mass is 10.3. The molecular weight excluding hydrogens is 306 g/mol. The minimum atomic E-state index is -0.449. The van der Waals surface area contributed by atoms with Crippen molar-refractivity contribution >= 4 is 11.8 Å². The van der Waals surface area contributed by atoms with Gasteiger partial charge in [0.1, 0.15) is 5.82 Å². The Morgan fingerprint density at radius 3 is 2.92 bits per heavy atom. The number of hydrogen-bond donors (Lipinski definition) is 2. The van der Waals surface area contributed by atoms with Crippen LogP contribution >= 0.6 is 0 Å². The molecule has 1 unspecified atom stereocenters. The van der Waals surface area contributed by atoms with Crippen LogP contribution in [0.15, 0.2) is 24.8 Å². The lowest BCUT2D eigenvalue weighted by Gasteiger charge is -2.22. The second-order valence-corrected chi connectivity index (χ2v) is 6.64. The Labute approximate surface area is 140 Å². The van der Waals surface area contributed by atoms with Gasteiger partial charge in [-0.05, 0) is 18.9 Å². The Kier molecular flexibility index (Phi) is 4.07. The van der Waals surface area contributed by atoms with E-state index in [2.05, 4.69) is 24.4 Å². The largest absolute Gasteiger partial charge is 0.390 e. The summed E-state index contributed by atoms with van der Waals surface area (Å²) in [5.74, 6) is 1.03. The van der Waals surface area contributed by atoms with Crippen molar-refractivity contribution in [2.24, 2.45) is 0 Å². The molecule has 2 aliphatic rings.